The van der Waals surface area contributed by atoms with E-state index in [1.54, 1.807) is 12.1 Å². The van der Waals surface area contributed by atoms with Crippen molar-refractivity contribution in [1.82, 2.24) is 4.57 Å². The van der Waals surface area contributed by atoms with Crippen molar-refractivity contribution >= 4 is 49.4 Å². The number of fused-ring (bicyclic) bond motifs is 6. The molecule has 0 bridgehead atoms. The number of hydrogen-bond donors (Lipinski definition) is 0. The van der Waals surface area contributed by atoms with Gasteiger partial charge in [-0.3, -0.25) is 10.1 Å². The van der Waals surface area contributed by atoms with E-state index in [0.29, 0.717) is 5.56 Å². The van der Waals surface area contributed by atoms with Gasteiger partial charge in [0.25, 0.3) is 5.69 Å². The van der Waals surface area contributed by atoms with Crippen LogP contribution < -0.4 is 0 Å². The molecule has 166 valence electrons. The molecule has 0 radical (unpaired) electrons. The van der Waals surface area contributed by atoms with E-state index in [1.807, 2.05) is 24.3 Å². The van der Waals surface area contributed by atoms with Crippen molar-refractivity contribution < 1.29 is 9.34 Å². The molecule has 2 aromatic heterocycles. The third-order valence-electron chi connectivity index (χ3n) is 6.70. The largest absolute Gasteiger partial charge is 0.456 e. The molecule has 35 heavy (non-hydrogen) atoms. The first kappa shape index (κ1) is 19.6. The fourth-order valence-corrected chi connectivity index (χ4v) is 5.15. The molecule has 0 aliphatic heterocycles. The Morgan fingerprint density at radius 1 is 0.629 bits per heavy atom. The van der Waals surface area contributed by atoms with Crippen LogP contribution in [0.25, 0.3) is 60.6 Å². The molecule has 0 atom stereocenters. The Labute approximate surface area is 199 Å². The third kappa shape index (κ3) is 2.88. The lowest BCUT2D eigenvalue weighted by atomic mass is 10.0. The molecule has 5 heteroatoms. The van der Waals surface area contributed by atoms with Gasteiger partial charge in [-0.25, -0.2) is 0 Å². The van der Waals surface area contributed by atoms with Gasteiger partial charge in [0.05, 0.1) is 21.5 Å². The van der Waals surface area contributed by atoms with E-state index in [0.717, 1.165) is 44.2 Å². The number of nitrogens with zero attached hydrogens (tertiary/aromatic N) is 2. The van der Waals surface area contributed by atoms with Crippen LogP contribution in [0.2, 0.25) is 0 Å². The van der Waals surface area contributed by atoms with Crippen LogP contribution in [0.5, 0.6) is 0 Å². The first-order valence-corrected chi connectivity index (χ1v) is 11.4. The Hall–Kier alpha value is -4.90. The minimum atomic E-state index is -0.342. The summed E-state index contributed by atoms with van der Waals surface area (Å²) in [6.07, 6.45) is 0. The SMILES string of the molecule is O=[N+]([O-])c1ccccc1-c1ccc2oc3cc(-n4c5ccccc5c5ccccc54)ccc3c2c1. The number of aromatic nitrogens is 1. The number of nitro benzene ring substituents is 1. The maximum atomic E-state index is 11.5. The lowest BCUT2D eigenvalue weighted by Gasteiger charge is -2.07. The molecular formula is C30H18N2O3. The highest BCUT2D eigenvalue weighted by molar-refractivity contribution is 6.10. The molecule has 0 amide bonds. The van der Waals surface area contributed by atoms with Crippen molar-refractivity contribution in [3.8, 4) is 16.8 Å². The highest BCUT2D eigenvalue weighted by atomic mass is 16.6. The number of benzene rings is 5. The lowest BCUT2D eigenvalue weighted by molar-refractivity contribution is -0.384. The van der Waals surface area contributed by atoms with Gasteiger partial charge in [-0.2, -0.15) is 0 Å². The molecule has 7 aromatic rings. The highest BCUT2D eigenvalue weighted by Gasteiger charge is 2.17. The summed E-state index contributed by atoms with van der Waals surface area (Å²) in [4.78, 5) is 11.2. The first-order valence-electron chi connectivity index (χ1n) is 11.4. The fourth-order valence-electron chi connectivity index (χ4n) is 5.15. The summed E-state index contributed by atoms with van der Waals surface area (Å²) < 4.78 is 8.50. The Balaban J connectivity index is 1.44. The molecule has 0 saturated carbocycles. The Kier molecular flexibility index (Phi) is 4.08. The number of hydrogen-bond acceptors (Lipinski definition) is 3. The van der Waals surface area contributed by atoms with Gasteiger partial charge >= 0.3 is 0 Å². The van der Waals surface area contributed by atoms with Crippen molar-refractivity contribution in [3.63, 3.8) is 0 Å². The van der Waals surface area contributed by atoms with Gasteiger partial charge in [0.2, 0.25) is 0 Å². The quantitative estimate of drug-likeness (QED) is 0.199. The molecule has 0 aliphatic rings. The Bertz CT molecular complexity index is 1890. The van der Waals surface area contributed by atoms with Crippen LogP contribution in [-0.4, -0.2) is 9.49 Å². The normalized spacial score (nSPS) is 11.7. The van der Waals surface area contributed by atoms with Crippen LogP contribution in [0.15, 0.2) is 114 Å². The van der Waals surface area contributed by atoms with Crippen molar-refractivity contribution in [1.29, 1.82) is 0 Å². The second kappa shape index (κ2) is 7.30. The van der Waals surface area contributed by atoms with E-state index >= 15 is 0 Å². The zero-order valence-electron chi connectivity index (χ0n) is 18.5. The summed E-state index contributed by atoms with van der Waals surface area (Å²) in [5.41, 5.74) is 6.31. The van der Waals surface area contributed by atoms with Crippen LogP contribution in [0.1, 0.15) is 0 Å². The van der Waals surface area contributed by atoms with Crippen LogP contribution in [0.3, 0.4) is 0 Å². The summed E-state index contributed by atoms with van der Waals surface area (Å²) >= 11 is 0. The molecule has 2 heterocycles. The van der Waals surface area contributed by atoms with Gasteiger partial charge in [-0.1, -0.05) is 54.6 Å². The van der Waals surface area contributed by atoms with Crippen LogP contribution in [-0.2, 0) is 0 Å². The van der Waals surface area contributed by atoms with Crippen molar-refractivity contribution in [3.05, 3.63) is 119 Å². The predicted octanol–water partition coefficient (Wildman–Crippen LogP) is 8.26. The minimum Gasteiger partial charge on any atom is -0.456 e. The van der Waals surface area contributed by atoms with Crippen LogP contribution in [0, 0.1) is 10.1 Å². The van der Waals surface area contributed by atoms with E-state index in [4.69, 9.17) is 4.42 Å². The molecule has 5 nitrogen and oxygen atoms in total. The van der Waals surface area contributed by atoms with Crippen LogP contribution >= 0.6 is 0 Å². The van der Waals surface area contributed by atoms with Crippen LogP contribution in [0.4, 0.5) is 5.69 Å². The summed E-state index contributed by atoms with van der Waals surface area (Å²) in [6, 6.07) is 35.6. The van der Waals surface area contributed by atoms with Gasteiger partial charge in [0, 0.05) is 39.4 Å². The van der Waals surface area contributed by atoms with Gasteiger partial charge in [0.1, 0.15) is 11.2 Å². The average molecular weight is 454 g/mol. The molecule has 0 aliphatic carbocycles. The summed E-state index contributed by atoms with van der Waals surface area (Å²) in [7, 11) is 0. The molecule has 0 unspecified atom stereocenters. The van der Waals surface area contributed by atoms with E-state index in [2.05, 4.69) is 71.3 Å². The second-order valence-corrected chi connectivity index (χ2v) is 8.64. The van der Waals surface area contributed by atoms with E-state index in [-0.39, 0.29) is 10.6 Å². The maximum Gasteiger partial charge on any atom is 0.277 e. The zero-order valence-corrected chi connectivity index (χ0v) is 18.5. The van der Waals surface area contributed by atoms with Gasteiger partial charge < -0.3 is 8.98 Å². The first-order chi connectivity index (χ1) is 17.2. The van der Waals surface area contributed by atoms with Gasteiger partial charge in [-0.05, 0) is 48.0 Å². The summed E-state index contributed by atoms with van der Waals surface area (Å²) in [5.74, 6) is 0. The topological polar surface area (TPSA) is 61.2 Å². The molecule has 0 N–H and O–H groups in total. The highest BCUT2D eigenvalue weighted by Crippen LogP contribution is 2.37. The Morgan fingerprint density at radius 3 is 2.06 bits per heavy atom. The van der Waals surface area contributed by atoms with E-state index in [1.165, 1.54) is 16.8 Å². The van der Waals surface area contributed by atoms with Crippen molar-refractivity contribution in [2.75, 3.05) is 0 Å². The minimum absolute atomic E-state index is 0.0910. The van der Waals surface area contributed by atoms with E-state index < -0.39 is 0 Å². The number of furan rings is 1. The third-order valence-corrected chi connectivity index (χ3v) is 6.70. The molecule has 0 spiro atoms. The van der Waals surface area contributed by atoms with Gasteiger partial charge in [-0.15, -0.1) is 0 Å². The zero-order chi connectivity index (χ0) is 23.5. The number of para-hydroxylation sites is 3. The van der Waals surface area contributed by atoms with Crippen molar-refractivity contribution in [2.24, 2.45) is 0 Å². The smallest absolute Gasteiger partial charge is 0.277 e. The van der Waals surface area contributed by atoms with Gasteiger partial charge in [0.15, 0.2) is 0 Å². The lowest BCUT2D eigenvalue weighted by Crippen LogP contribution is -1.93. The van der Waals surface area contributed by atoms with Crippen molar-refractivity contribution in [2.45, 2.75) is 0 Å². The van der Waals surface area contributed by atoms with E-state index in [9.17, 15) is 10.1 Å². The maximum absolute atomic E-state index is 11.5. The summed E-state index contributed by atoms with van der Waals surface area (Å²) in [5, 5.41) is 15.9. The molecule has 5 aromatic carbocycles. The fraction of sp³-hybridized carbons (Fsp3) is 0. The monoisotopic (exact) mass is 454 g/mol. The molecule has 0 fully saturated rings. The average Bonchev–Trinajstić information content (AvgIpc) is 3.43. The standard InChI is InChI=1S/C30H18N2O3/c33-32(34)28-12-6-1-7-21(28)19-13-16-29-25(17-19)24-15-14-20(18-30(24)35-29)31-26-10-4-2-8-22(26)23-9-3-5-11-27(23)31/h1-18H. The molecular weight excluding hydrogens is 436 g/mol. The molecule has 0 saturated heterocycles. The number of nitro groups is 1. The number of rotatable bonds is 3. The summed E-state index contributed by atoms with van der Waals surface area (Å²) in [6.45, 7) is 0. The molecule has 7 rings (SSSR count). The second-order valence-electron chi connectivity index (χ2n) is 8.64. The Morgan fingerprint density at radius 2 is 1.31 bits per heavy atom. The predicted molar refractivity (Wildman–Crippen MR) is 140 cm³/mol.